The minimum atomic E-state index is 0. The predicted molar refractivity (Wildman–Crippen MR) is 0 cm³/mol. The summed E-state index contributed by atoms with van der Waals surface area (Å²) in [5.41, 5.74) is 0. The smallest absolute Gasteiger partial charge is 0 e. The second-order valence-corrected chi connectivity index (χ2v) is 0. The van der Waals surface area contributed by atoms with E-state index >= 15 is 0 Å². The van der Waals surface area contributed by atoms with Gasteiger partial charge in [0.05, 0.1) is 0 Å². The maximum absolute atomic E-state index is 0. The van der Waals surface area contributed by atoms with Crippen LogP contribution < -0.4 is 62.0 Å². The van der Waals surface area contributed by atoms with Gasteiger partial charge in [0.25, 0.3) is 0 Å². The topological polar surface area (TPSA) is 0 Å². The molecule has 0 spiro atoms. The average molecular weight is 415 g/mol. The van der Waals surface area contributed by atoms with Gasteiger partial charge in [0.15, 0.2) is 0 Å². The standard InChI is InChI=1S/5ClH.U/h5*1H;/p-5. The molecule has 0 fully saturated rings. The fourth-order valence-electron chi connectivity index (χ4n) is 0. The Balaban J connectivity index is 0. The summed E-state index contributed by atoms with van der Waals surface area (Å²) in [4.78, 5) is 0. The molecule has 6 heavy (non-hydrogen) atoms. The Bertz CT molecular complexity index is 3.90. The third-order valence-electron chi connectivity index (χ3n) is 0. The Labute approximate surface area is 92.0 Å². The molecule has 0 saturated carbocycles. The van der Waals surface area contributed by atoms with Crippen molar-refractivity contribution in [3.63, 3.8) is 0 Å². The van der Waals surface area contributed by atoms with Crippen LogP contribution in [0.5, 0.6) is 0 Å². The van der Waals surface area contributed by atoms with Gasteiger partial charge in [-0.25, -0.2) is 0 Å². The molecule has 0 atom stereocenters. The van der Waals surface area contributed by atoms with Crippen molar-refractivity contribution in [1.29, 1.82) is 0 Å². The van der Waals surface area contributed by atoms with Crippen molar-refractivity contribution >= 4 is 0 Å². The second kappa shape index (κ2) is 50.7. The van der Waals surface area contributed by atoms with Crippen LogP contribution in [-0.4, -0.2) is 0 Å². The summed E-state index contributed by atoms with van der Waals surface area (Å²) in [6.07, 6.45) is 0. The quantitative estimate of drug-likeness (QED) is 0.369. The molecule has 0 aromatic heterocycles. The van der Waals surface area contributed by atoms with Crippen LogP contribution in [0.2, 0.25) is 0 Å². The zero-order valence-electron chi connectivity index (χ0n) is 2.39. The van der Waals surface area contributed by atoms with Crippen LogP contribution in [0.1, 0.15) is 0 Å². The summed E-state index contributed by atoms with van der Waals surface area (Å²) < 4.78 is 0. The summed E-state index contributed by atoms with van der Waals surface area (Å²) in [6, 6.07) is 0. The van der Waals surface area contributed by atoms with Crippen molar-refractivity contribution in [2.45, 2.75) is 0 Å². The first-order chi connectivity index (χ1) is 0. The normalized spacial score (nSPS) is 0. The first-order valence-electron chi connectivity index (χ1n) is 0. The van der Waals surface area contributed by atoms with Gasteiger partial charge in [0.2, 0.25) is 0 Å². The molecule has 6 heteroatoms. The summed E-state index contributed by atoms with van der Waals surface area (Å²) in [5, 5.41) is 0. The molecule has 0 saturated heterocycles. The summed E-state index contributed by atoms with van der Waals surface area (Å²) in [7, 11) is 0. The van der Waals surface area contributed by atoms with Crippen molar-refractivity contribution in [3.05, 3.63) is 0 Å². The number of hydrogen-bond acceptors (Lipinski definition) is 0. The molecule has 0 rings (SSSR count). The molecular formula is Cl5U-5. The van der Waals surface area contributed by atoms with Crippen LogP contribution in [0.25, 0.3) is 0 Å². The maximum atomic E-state index is 0. The van der Waals surface area contributed by atoms with Gasteiger partial charge in [-0.05, 0) is 0 Å². The van der Waals surface area contributed by atoms with Crippen molar-refractivity contribution in [2.75, 3.05) is 0 Å². The van der Waals surface area contributed by atoms with Gasteiger partial charge < -0.3 is 62.0 Å². The fraction of sp³-hybridized carbons (Fsp3) is 0. The summed E-state index contributed by atoms with van der Waals surface area (Å²) >= 11 is 0. The van der Waals surface area contributed by atoms with E-state index in [1.165, 1.54) is 0 Å². The van der Waals surface area contributed by atoms with Gasteiger partial charge in [0, 0.05) is 31.1 Å². The minimum Gasteiger partial charge on any atom is -1.00 e. The van der Waals surface area contributed by atoms with Gasteiger partial charge in [-0.15, -0.1) is 0 Å². The van der Waals surface area contributed by atoms with E-state index in [-0.39, 0.29) is 93.1 Å². The van der Waals surface area contributed by atoms with Gasteiger partial charge in [-0.2, -0.15) is 0 Å². The molecule has 0 heterocycles. The zero-order chi connectivity index (χ0) is 0. The Morgan fingerprint density at radius 1 is 0.333 bits per heavy atom. The van der Waals surface area contributed by atoms with Crippen molar-refractivity contribution in [2.24, 2.45) is 0 Å². The Morgan fingerprint density at radius 3 is 0.333 bits per heavy atom. The van der Waals surface area contributed by atoms with Crippen LogP contribution in [-0.2, 0) is 0 Å². The molecule has 0 bridgehead atoms. The Hall–Kier alpha value is 2.50. The van der Waals surface area contributed by atoms with Crippen LogP contribution in [0.15, 0.2) is 0 Å². The van der Waals surface area contributed by atoms with E-state index in [1.807, 2.05) is 0 Å². The molecule has 0 N–H and O–H groups in total. The van der Waals surface area contributed by atoms with Crippen LogP contribution >= 0.6 is 0 Å². The molecule has 0 radical (unpaired) electrons. The van der Waals surface area contributed by atoms with Gasteiger partial charge in [-0.1, -0.05) is 0 Å². The molecule has 44 valence electrons. The first kappa shape index (κ1) is 76.4. The van der Waals surface area contributed by atoms with Crippen LogP contribution in [0.4, 0.5) is 0 Å². The van der Waals surface area contributed by atoms with E-state index in [0.717, 1.165) is 0 Å². The maximum Gasteiger partial charge on any atom is 0 e. The van der Waals surface area contributed by atoms with Crippen LogP contribution in [0.3, 0.4) is 0 Å². The molecule has 0 amide bonds. The molecule has 0 aliphatic carbocycles. The van der Waals surface area contributed by atoms with Crippen molar-refractivity contribution in [3.8, 4) is 0 Å². The largest absolute Gasteiger partial charge is 1.00 e. The van der Waals surface area contributed by atoms with E-state index in [4.69, 9.17) is 0 Å². The first-order valence-corrected chi connectivity index (χ1v) is 0. The van der Waals surface area contributed by atoms with Gasteiger partial charge in [0.1, 0.15) is 0 Å². The molecule has 0 aromatic rings. The molecular weight excluding hydrogens is 415 g/mol. The number of rotatable bonds is 0. The number of halogens is 5. The van der Waals surface area contributed by atoms with Crippen LogP contribution in [0, 0.1) is 31.1 Å². The monoisotopic (exact) mass is 413 g/mol. The summed E-state index contributed by atoms with van der Waals surface area (Å²) in [6.45, 7) is 0. The zero-order valence-corrected chi connectivity index (χ0v) is 10.3. The molecule has 0 aliphatic heterocycles. The molecule has 0 nitrogen and oxygen atoms in total. The predicted octanol–water partition coefficient (Wildman–Crippen LogP) is -15.0. The van der Waals surface area contributed by atoms with E-state index in [2.05, 4.69) is 0 Å². The van der Waals surface area contributed by atoms with Gasteiger partial charge >= 0.3 is 0 Å². The molecule has 0 aromatic carbocycles. The third-order valence-corrected chi connectivity index (χ3v) is 0. The third kappa shape index (κ3) is 31.4. The Kier molecular flexibility index (Phi) is 645. The Morgan fingerprint density at radius 2 is 0.333 bits per heavy atom. The van der Waals surface area contributed by atoms with Gasteiger partial charge in [-0.3, -0.25) is 0 Å². The van der Waals surface area contributed by atoms with Crippen molar-refractivity contribution < 1.29 is 93.1 Å². The van der Waals surface area contributed by atoms with E-state index in [9.17, 15) is 0 Å². The summed E-state index contributed by atoms with van der Waals surface area (Å²) in [5.74, 6) is 0. The molecule has 0 unspecified atom stereocenters. The second-order valence-electron chi connectivity index (χ2n) is 0. The van der Waals surface area contributed by atoms with E-state index < -0.39 is 0 Å². The van der Waals surface area contributed by atoms with E-state index in [1.54, 1.807) is 0 Å². The SMILES string of the molecule is [Cl-].[Cl-].[Cl-].[Cl-].[Cl-].[U]. The van der Waals surface area contributed by atoms with Crippen molar-refractivity contribution in [1.82, 2.24) is 0 Å². The fourth-order valence-corrected chi connectivity index (χ4v) is 0. The number of hydrogen-bond donors (Lipinski definition) is 0. The van der Waals surface area contributed by atoms with E-state index in [0.29, 0.717) is 0 Å². The minimum absolute atomic E-state index is 0. The molecule has 0 aliphatic rings. The average Bonchev–Trinajstić information content (AvgIpc) is 0.